The second-order valence-corrected chi connectivity index (χ2v) is 11.4. The first-order valence-corrected chi connectivity index (χ1v) is 14.4. The van der Waals surface area contributed by atoms with Crippen LogP contribution in [-0.2, 0) is 14.2 Å². The molecule has 2 aromatic carbocycles. The van der Waals surface area contributed by atoms with Gasteiger partial charge in [0, 0.05) is 6.54 Å². The molecule has 1 aliphatic carbocycles. The Labute approximate surface area is 240 Å². The SMILES string of the molecule is CCCN1C(=O)[C@@H]2[C@@H](CC(COc3ccccc3)=C3[C@@H](CC/C(C)=C/c4ccc(O)cc4Cl)OB(O)C[C@@H]32)C1=O. The van der Waals surface area contributed by atoms with Crippen molar-refractivity contribution in [3.63, 3.8) is 0 Å². The Hall–Kier alpha value is -3.07. The lowest BCUT2D eigenvalue weighted by atomic mass is 9.58. The number of nitrogens with zero attached hydrogens (tertiary/aromatic N) is 1. The molecule has 0 bridgehead atoms. The van der Waals surface area contributed by atoms with E-state index in [0.717, 1.165) is 28.0 Å². The number of likely N-dealkylation sites (tertiary alicyclic amines) is 1. The van der Waals surface area contributed by atoms with Crippen LogP contribution in [0.15, 0.2) is 65.3 Å². The van der Waals surface area contributed by atoms with Crippen LogP contribution in [0.1, 0.15) is 45.1 Å². The van der Waals surface area contributed by atoms with Gasteiger partial charge in [-0.3, -0.25) is 14.5 Å². The number of carbonyl (C=O) groups is 2. The van der Waals surface area contributed by atoms with Crippen molar-refractivity contribution < 1.29 is 29.1 Å². The van der Waals surface area contributed by atoms with Crippen LogP contribution in [0, 0.1) is 17.8 Å². The molecular weight excluding hydrogens is 529 g/mol. The maximum atomic E-state index is 13.5. The lowest BCUT2D eigenvalue weighted by molar-refractivity contribution is -0.140. The average Bonchev–Trinajstić information content (AvgIpc) is 3.17. The summed E-state index contributed by atoms with van der Waals surface area (Å²) in [7, 11) is -1.02. The molecule has 2 saturated heterocycles. The number of hydrogen-bond donors (Lipinski definition) is 2. The molecule has 2 amide bonds. The third-order valence-electron chi connectivity index (χ3n) is 8.19. The summed E-state index contributed by atoms with van der Waals surface area (Å²) in [5, 5.41) is 20.9. The van der Waals surface area contributed by atoms with E-state index in [1.54, 1.807) is 12.1 Å². The fraction of sp³-hybridized carbons (Fsp3) is 0.419. The van der Waals surface area contributed by atoms with Gasteiger partial charge in [0.15, 0.2) is 0 Å². The van der Waals surface area contributed by atoms with Gasteiger partial charge in [0.25, 0.3) is 0 Å². The van der Waals surface area contributed by atoms with Crippen LogP contribution in [0.25, 0.3) is 6.08 Å². The Balaban J connectivity index is 1.44. The van der Waals surface area contributed by atoms with Gasteiger partial charge in [-0.15, -0.1) is 0 Å². The summed E-state index contributed by atoms with van der Waals surface area (Å²) in [6, 6.07) is 14.4. The van der Waals surface area contributed by atoms with Crippen molar-refractivity contribution in [2.75, 3.05) is 13.2 Å². The normalized spacial score (nSPS) is 24.9. The highest BCUT2D eigenvalue weighted by molar-refractivity contribution is 6.43. The molecule has 0 unspecified atom stereocenters. The van der Waals surface area contributed by atoms with E-state index in [1.165, 1.54) is 11.0 Å². The van der Waals surface area contributed by atoms with Crippen LogP contribution < -0.4 is 4.74 Å². The van der Waals surface area contributed by atoms with E-state index in [9.17, 15) is 19.7 Å². The first-order valence-electron chi connectivity index (χ1n) is 14.0. The number of hydrogen-bond acceptors (Lipinski definition) is 6. The molecule has 7 nitrogen and oxygen atoms in total. The van der Waals surface area contributed by atoms with Crippen LogP contribution >= 0.6 is 11.6 Å². The quantitative estimate of drug-likeness (QED) is 0.237. The molecule has 9 heteroatoms. The second-order valence-electron chi connectivity index (χ2n) is 11.0. The largest absolute Gasteiger partial charge is 0.508 e. The third kappa shape index (κ3) is 5.85. The van der Waals surface area contributed by atoms with Gasteiger partial charge in [0.1, 0.15) is 18.1 Å². The van der Waals surface area contributed by atoms with E-state index in [-0.39, 0.29) is 29.8 Å². The smallest absolute Gasteiger partial charge is 0.455 e. The predicted molar refractivity (Wildman–Crippen MR) is 155 cm³/mol. The second kappa shape index (κ2) is 12.2. The number of fused-ring (bicyclic) bond motifs is 3. The van der Waals surface area contributed by atoms with Gasteiger partial charge in [-0.25, -0.2) is 0 Å². The van der Waals surface area contributed by atoms with Gasteiger partial charge in [0.05, 0.1) is 23.0 Å². The number of aromatic hydroxyl groups is 1. The molecule has 2 aliphatic heterocycles. The van der Waals surface area contributed by atoms with Crippen LogP contribution in [0.4, 0.5) is 0 Å². The zero-order valence-electron chi connectivity index (χ0n) is 22.9. The number of phenols is 1. The van der Waals surface area contributed by atoms with Crippen molar-refractivity contribution in [3.8, 4) is 11.5 Å². The average molecular weight is 564 g/mol. The number of amides is 2. The van der Waals surface area contributed by atoms with Crippen molar-refractivity contribution in [1.29, 1.82) is 0 Å². The Bertz CT molecular complexity index is 1330. The number of halogens is 1. The zero-order valence-corrected chi connectivity index (χ0v) is 23.6. The fourth-order valence-corrected chi connectivity index (χ4v) is 6.65. The van der Waals surface area contributed by atoms with Crippen molar-refractivity contribution in [3.05, 3.63) is 75.8 Å². The van der Waals surface area contributed by atoms with Crippen LogP contribution in [-0.4, -0.2) is 53.2 Å². The fourth-order valence-electron chi connectivity index (χ4n) is 6.42. The van der Waals surface area contributed by atoms with E-state index in [2.05, 4.69) is 0 Å². The Morgan fingerprint density at radius 3 is 2.67 bits per heavy atom. The number of ether oxygens (including phenoxy) is 1. The predicted octanol–water partition coefficient (Wildman–Crippen LogP) is 5.52. The number of rotatable bonds is 9. The molecule has 5 rings (SSSR count). The van der Waals surface area contributed by atoms with Gasteiger partial charge in [-0.2, -0.15) is 0 Å². The van der Waals surface area contributed by atoms with Crippen molar-refractivity contribution >= 4 is 36.6 Å². The van der Waals surface area contributed by atoms with Gasteiger partial charge >= 0.3 is 7.12 Å². The van der Waals surface area contributed by atoms with E-state index < -0.39 is 25.1 Å². The monoisotopic (exact) mass is 563 g/mol. The lowest BCUT2D eigenvalue weighted by Crippen LogP contribution is -2.46. The Kier molecular flexibility index (Phi) is 8.69. The maximum absolute atomic E-state index is 13.5. The number of carbonyl (C=O) groups excluding carboxylic acids is 2. The molecule has 4 atom stereocenters. The number of benzene rings is 2. The molecule has 2 aromatic rings. The standard InChI is InChI=1S/C31H35BClNO6/c1-3-13-34-30(36)24-15-21(18-39-23-7-5-4-6-8-23)28-25(29(24)31(34)37)17-32(38)40-27(28)12-9-19(2)14-20-10-11-22(35)16-26(20)33/h4-8,10-11,14,16,24-25,27,29,35,38H,3,9,12-13,15,17-18H2,1-2H3/b19-14+/t24-,25+,27-,29-/m1/s1. The van der Waals surface area contributed by atoms with Crippen LogP contribution in [0.3, 0.4) is 0 Å². The summed E-state index contributed by atoms with van der Waals surface area (Å²) in [5.74, 6) is -0.608. The van der Waals surface area contributed by atoms with Gasteiger partial charge in [-0.05, 0) is 91.9 Å². The summed E-state index contributed by atoms with van der Waals surface area (Å²) < 4.78 is 12.3. The minimum Gasteiger partial charge on any atom is -0.508 e. The topological polar surface area (TPSA) is 96.3 Å². The number of para-hydroxylation sites is 1. The molecule has 0 radical (unpaired) electrons. The molecule has 2 N–H and O–H groups in total. The molecule has 2 heterocycles. The lowest BCUT2D eigenvalue weighted by Gasteiger charge is -2.43. The maximum Gasteiger partial charge on any atom is 0.455 e. The Morgan fingerprint density at radius 1 is 1.18 bits per heavy atom. The molecule has 210 valence electrons. The molecular formula is C31H35BClNO6. The van der Waals surface area contributed by atoms with Crippen LogP contribution in [0.2, 0.25) is 11.3 Å². The summed E-state index contributed by atoms with van der Waals surface area (Å²) in [6.07, 6.45) is 4.25. The molecule has 2 fully saturated rings. The van der Waals surface area contributed by atoms with Gasteiger partial charge in [0.2, 0.25) is 11.8 Å². The number of imide groups is 1. The van der Waals surface area contributed by atoms with Gasteiger partial charge in [-0.1, -0.05) is 48.4 Å². The number of allylic oxidation sites excluding steroid dienone is 1. The highest BCUT2D eigenvalue weighted by Gasteiger charge is 2.57. The van der Waals surface area contributed by atoms with E-state index in [4.69, 9.17) is 21.0 Å². The molecule has 0 aromatic heterocycles. The molecule has 40 heavy (non-hydrogen) atoms. The minimum absolute atomic E-state index is 0.112. The summed E-state index contributed by atoms with van der Waals surface area (Å²) in [5.41, 5.74) is 3.85. The Morgan fingerprint density at radius 2 is 1.95 bits per heavy atom. The highest BCUT2D eigenvalue weighted by atomic mass is 35.5. The molecule has 3 aliphatic rings. The number of phenolic OH excluding ortho intramolecular Hbond substituents is 1. The van der Waals surface area contributed by atoms with Gasteiger partial charge < -0.3 is 19.5 Å². The summed E-state index contributed by atoms with van der Waals surface area (Å²) in [4.78, 5) is 28.3. The van der Waals surface area contributed by atoms with Crippen molar-refractivity contribution in [2.45, 2.75) is 52.0 Å². The first-order chi connectivity index (χ1) is 19.3. The highest BCUT2D eigenvalue weighted by Crippen LogP contribution is 2.50. The van der Waals surface area contributed by atoms with Crippen molar-refractivity contribution in [1.82, 2.24) is 4.90 Å². The third-order valence-corrected chi connectivity index (χ3v) is 8.52. The molecule has 0 spiro atoms. The zero-order chi connectivity index (χ0) is 28.4. The summed E-state index contributed by atoms with van der Waals surface area (Å²) >= 11 is 6.30. The molecule has 0 saturated carbocycles. The minimum atomic E-state index is -1.02. The van der Waals surface area contributed by atoms with Crippen LogP contribution in [0.5, 0.6) is 11.5 Å². The summed E-state index contributed by atoms with van der Waals surface area (Å²) in [6.45, 7) is 4.67. The van der Waals surface area contributed by atoms with E-state index in [1.807, 2.05) is 50.3 Å². The van der Waals surface area contributed by atoms with E-state index >= 15 is 0 Å². The first kappa shape index (κ1) is 28.5. The van der Waals surface area contributed by atoms with Crippen molar-refractivity contribution in [2.24, 2.45) is 17.8 Å². The van der Waals surface area contributed by atoms with E-state index in [0.29, 0.717) is 43.9 Å².